The van der Waals surface area contributed by atoms with Gasteiger partial charge in [0.05, 0.1) is 7.14 Å². The minimum atomic E-state index is -2.01. The minimum Gasteiger partial charge on any atom is -0.324 e. The second-order valence-corrected chi connectivity index (χ2v) is 6.78. The second kappa shape index (κ2) is 6.03. The first-order chi connectivity index (χ1) is 6.47. The highest BCUT2D eigenvalue weighted by Crippen LogP contribution is 2.39. The second-order valence-electron chi connectivity index (χ2n) is 3.31. The van der Waals surface area contributed by atoms with Gasteiger partial charge in [-0.1, -0.05) is 25.4 Å². The normalized spacial score (nSPS) is 10.3. The SMILES string of the molecule is CC.[B]c1ccc(CP(C)(C)=O)nc1. The van der Waals surface area contributed by atoms with Crippen molar-refractivity contribution in [2.45, 2.75) is 20.0 Å². The van der Waals surface area contributed by atoms with Gasteiger partial charge in [-0.3, -0.25) is 4.98 Å². The van der Waals surface area contributed by atoms with Crippen LogP contribution in [-0.4, -0.2) is 26.2 Å². The van der Waals surface area contributed by atoms with Crippen molar-refractivity contribution in [1.82, 2.24) is 4.98 Å². The first kappa shape index (κ1) is 13.4. The van der Waals surface area contributed by atoms with E-state index in [9.17, 15) is 4.57 Å². The maximum Gasteiger partial charge on any atom is 0.115 e. The summed E-state index contributed by atoms with van der Waals surface area (Å²) in [6.45, 7) is 7.51. The highest BCUT2D eigenvalue weighted by Gasteiger charge is 2.08. The van der Waals surface area contributed by atoms with Crippen molar-refractivity contribution >= 4 is 20.5 Å². The van der Waals surface area contributed by atoms with Gasteiger partial charge in [-0.2, -0.15) is 0 Å². The van der Waals surface area contributed by atoms with Crippen LogP contribution in [0, 0.1) is 0 Å². The van der Waals surface area contributed by atoms with E-state index in [4.69, 9.17) is 7.85 Å². The van der Waals surface area contributed by atoms with Crippen LogP contribution in [0.2, 0.25) is 0 Å². The van der Waals surface area contributed by atoms with E-state index in [2.05, 4.69) is 4.98 Å². The Hall–Kier alpha value is -0.555. The molecule has 0 amide bonds. The molecule has 2 nitrogen and oxygen atoms in total. The Morgan fingerprint density at radius 3 is 2.29 bits per heavy atom. The van der Waals surface area contributed by atoms with E-state index in [0.29, 0.717) is 11.6 Å². The van der Waals surface area contributed by atoms with Crippen LogP contribution in [0.15, 0.2) is 18.3 Å². The molecule has 1 aromatic heterocycles. The predicted octanol–water partition coefficient (Wildman–Crippen LogP) is 2.02. The molecule has 0 saturated heterocycles. The van der Waals surface area contributed by atoms with Gasteiger partial charge in [-0.25, -0.2) is 0 Å². The van der Waals surface area contributed by atoms with Crippen molar-refractivity contribution in [2.24, 2.45) is 0 Å². The Bertz CT molecular complexity index is 304. The fraction of sp³-hybridized carbons (Fsp3) is 0.500. The lowest BCUT2D eigenvalue weighted by Crippen LogP contribution is -2.03. The monoisotopic (exact) mass is 209 g/mol. The van der Waals surface area contributed by atoms with E-state index in [1.54, 1.807) is 25.6 Å². The predicted molar refractivity (Wildman–Crippen MR) is 64.1 cm³/mol. The zero-order valence-corrected chi connectivity index (χ0v) is 10.2. The van der Waals surface area contributed by atoms with Crippen LogP contribution in [0.25, 0.3) is 0 Å². The number of rotatable bonds is 2. The number of pyridine rings is 1. The van der Waals surface area contributed by atoms with Crippen molar-refractivity contribution in [2.75, 3.05) is 13.3 Å². The first-order valence-electron chi connectivity index (χ1n) is 4.72. The molecule has 0 atom stereocenters. The summed E-state index contributed by atoms with van der Waals surface area (Å²) in [6.07, 6.45) is 2.14. The lowest BCUT2D eigenvalue weighted by molar-refractivity contribution is 0.581. The molecule has 0 bridgehead atoms. The molecule has 0 fully saturated rings. The molecule has 0 aliphatic heterocycles. The first-order valence-corrected chi connectivity index (χ1v) is 7.50. The summed E-state index contributed by atoms with van der Waals surface area (Å²) >= 11 is 0. The third kappa shape index (κ3) is 5.98. The van der Waals surface area contributed by atoms with Gasteiger partial charge in [-0.05, 0) is 19.4 Å². The van der Waals surface area contributed by atoms with Crippen LogP contribution in [0.1, 0.15) is 19.5 Å². The van der Waals surface area contributed by atoms with Gasteiger partial charge >= 0.3 is 0 Å². The summed E-state index contributed by atoms with van der Waals surface area (Å²) in [7, 11) is 3.45. The van der Waals surface area contributed by atoms with Crippen LogP contribution in [0.5, 0.6) is 0 Å². The maximum atomic E-state index is 11.4. The Balaban J connectivity index is 0.000000791. The Morgan fingerprint density at radius 1 is 1.36 bits per heavy atom. The molecule has 1 heterocycles. The fourth-order valence-electron chi connectivity index (χ4n) is 0.920. The summed E-state index contributed by atoms with van der Waals surface area (Å²) < 4.78 is 11.4. The molecule has 0 unspecified atom stereocenters. The van der Waals surface area contributed by atoms with Crippen LogP contribution >= 0.6 is 7.14 Å². The zero-order valence-electron chi connectivity index (χ0n) is 9.32. The molecule has 0 N–H and O–H groups in total. The van der Waals surface area contributed by atoms with Crippen molar-refractivity contribution in [3.05, 3.63) is 24.0 Å². The van der Waals surface area contributed by atoms with Crippen LogP contribution in [0.4, 0.5) is 0 Å². The van der Waals surface area contributed by atoms with Crippen LogP contribution in [-0.2, 0) is 10.7 Å². The average molecular weight is 209 g/mol. The summed E-state index contributed by atoms with van der Waals surface area (Å²) in [5, 5.41) is 0. The van der Waals surface area contributed by atoms with Gasteiger partial charge in [0.1, 0.15) is 7.85 Å². The van der Waals surface area contributed by atoms with Crippen molar-refractivity contribution in [3.63, 3.8) is 0 Å². The van der Waals surface area contributed by atoms with E-state index in [1.165, 1.54) is 0 Å². The lowest BCUT2D eigenvalue weighted by Gasteiger charge is -2.05. The lowest BCUT2D eigenvalue weighted by atomic mass is 9.99. The quantitative estimate of drug-likeness (QED) is 0.550. The zero-order chi connectivity index (χ0) is 11.2. The topological polar surface area (TPSA) is 30.0 Å². The number of nitrogens with zero attached hydrogens (tertiary/aromatic N) is 1. The molecule has 76 valence electrons. The Morgan fingerprint density at radius 2 is 1.93 bits per heavy atom. The number of hydrogen-bond donors (Lipinski definition) is 0. The van der Waals surface area contributed by atoms with Gasteiger partial charge in [0.2, 0.25) is 0 Å². The van der Waals surface area contributed by atoms with E-state index in [-0.39, 0.29) is 0 Å². The van der Waals surface area contributed by atoms with Crippen molar-refractivity contribution < 1.29 is 4.57 Å². The largest absolute Gasteiger partial charge is 0.324 e. The van der Waals surface area contributed by atoms with Crippen molar-refractivity contribution in [3.8, 4) is 0 Å². The molecule has 0 saturated carbocycles. The van der Waals surface area contributed by atoms with Gasteiger partial charge < -0.3 is 4.57 Å². The van der Waals surface area contributed by atoms with Gasteiger partial charge in [-0.15, -0.1) is 0 Å². The van der Waals surface area contributed by atoms with E-state index >= 15 is 0 Å². The van der Waals surface area contributed by atoms with Crippen LogP contribution in [0.3, 0.4) is 0 Å². The number of hydrogen-bond acceptors (Lipinski definition) is 2. The maximum absolute atomic E-state index is 11.4. The molecule has 1 aromatic rings. The molecular weight excluding hydrogens is 192 g/mol. The van der Waals surface area contributed by atoms with Gasteiger partial charge in [0.15, 0.2) is 0 Å². The highest BCUT2D eigenvalue weighted by molar-refractivity contribution is 7.61. The summed E-state index contributed by atoms with van der Waals surface area (Å²) in [6, 6.07) is 3.59. The van der Waals surface area contributed by atoms with Gasteiger partial charge in [0, 0.05) is 18.1 Å². The Labute approximate surface area is 87.9 Å². The third-order valence-corrected chi connectivity index (χ3v) is 2.48. The Kier molecular flexibility index (Phi) is 5.79. The fourth-order valence-corrected chi connectivity index (χ4v) is 1.89. The molecule has 0 aromatic carbocycles. The molecule has 0 spiro atoms. The van der Waals surface area contributed by atoms with E-state index in [1.807, 2.05) is 19.9 Å². The van der Waals surface area contributed by atoms with E-state index in [0.717, 1.165) is 5.69 Å². The van der Waals surface area contributed by atoms with E-state index < -0.39 is 7.14 Å². The molecule has 14 heavy (non-hydrogen) atoms. The smallest absolute Gasteiger partial charge is 0.115 e. The number of aromatic nitrogens is 1. The molecule has 0 aliphatic carbocycles. The average Bonchev–Trinajstić information content (AvgIpc) is 2.10. The molecule has 1 rings (SSSR count). The highest BCUT2D eigenvalue weighted by atomic mass is 31.2. The van der Waals surface area contributed by atoms with Gasteiger partial charge in [0.25, 0.3) is 0 Å². The standard InChI is InChI=1S/C8H11BNOP.C2H6/c1-12(2,11)6-8-4-3-7(9)5-10-8;1-2/h3-5H,6H2,1-2H3;1-2H3. The molecular formula is C10H17BNOP. The molecule has 4 heteroatoms. The molecule has 0 aliphatic rings. The minimum absolute atomic E-state index is 0.549. The molecule has 2 radical (unpaired) electrons. The van der Waals surface area contributed by atoms with Crippen LogP contribution < -0.4 is 5.46 Å². The summed E-state index contributed by atoms with van der Waals surface area (Å²) in [5.41, 5.74) is 1.48. The van der Waals surface area contributed by atoms with Crippen molar-refractivity contribution in [1.29, 1.82) is 0 Å². The summed E-state index contributed by atoms with van der Waals surface area (Å²) in [5.74, 6) is 0. The summed E-state index contributed by atoms with van der Waals surface area (Å²) in [4.78, 5) is 4.07. The third-order valence-electron chi connectivity index (χ3n) is 1.39.